The van der Waals surface area contributed by atoms with Crippen LogP contribution < -0.4 is 16.0 Å². The summed E-state index contributed by atoms with van der Waals surface area (Å²) in [6.07, 6.45) is 2.33. The van der Waals surface area contributed by atoms with Gasteiger partial charge in [-0.25, -0.2) is 0 Å². The highest BCUT2D eigenvalue weighted by molar-refractivity contribution is 5.81. The predicted octanol–water partition coefficient (Wildman–Crippen LogP) is 1.66. The van der Waals surface area contributed by atoms with Crippen molar-refractivity contribution >= 4 is 11.6 Å². The van der Waals surface area contributed by atoms with Gasteiger partial charge in [-0.3, -0.25) is 4.79 Å². The summed E-state index contributed by atoms with van der Waals surface area (Å²) in [6, 6.07) is 6.23. The van der Waals surface area contributed by atoms with Gasteiger partial charge in [-0.1, -0.05) is 18.2 Å². The van der Waals surface area contributed by atoms with E-state index < -0.39 is 0 Å². The van der Waals surface area contributed by atoms with Crippen molar-refractivity contribution in [1.82, 2.24) is 10.6 Å². The first-order chi connectivity index (χ1) is 9.22. The molecule has 4 nitrogen and oxygen atoms in total. The summed E-state index contributed by atoms with van der Waals surface area (Å²) >= 11 is 0. The maximum atomic E-state index is 11.7. The van der Waals surface area contributed by atoms with Gasteiger partial charge in [-0.05, 0) is 37.8 Å². The Morgan fingerprint density at radius 2 is 2.32 bits per heavy atom. The average molecular weight is 261 g/mol. The fourth-order valence-electron chi connectivity index (χ4n) is 2.41. The van der Waals surface area contributed by atoms with E-state index in [0.29, 0.717) is 13.1 Å². The number of aryl methyl sites for hydroxylation is 1. The fourth-order valence-corrected chi connectivity index (χ4v) is 2.41. The summed E-state index contributed by atoms with van der Waals surface area (Å²) in [4.78, 5) is 11.7. The standard InChI is InChI=1S/C15H23N3O/c1-3-16-15(19)11(2)18-10-13-7-4-6-12-8-5-9-17-14(12)13/h4,6-7,11,17-18H,3,5,8-10H2,1-2H3,(H,16,19). The highest BCUT2D eigenvalue weighted by Gasteiger charge is 2.14. The maximum Gasteiger partial charge on any atom is 0.236 e. The van der Waals surface area contributed by atoms with E-state index in [9.17, 15) is 4.79 Å². The Balaban J connectivity index is 1.98. The quantitative estimate of drug-likeness (QED) is 0.755. The Bertz CT molecular complexity index is 445. The van der Waals surface area contributed by atoms with Crippen LogP contribution in [0.3, 0.4) is 0 Å². The first-order valence-corrected chi connectivity index (χ1v) is 7.08. The summed E-state index contributed by atoms with van der Waals surface area (Å²) < 4.78 is 0. The number of rotatable bonds is 5. The van der Waals surface area contributed by atoms with Crippen molar-refractivity contribution in [2.75, 3.05) is 18.4 Å². The molecule has 0 radical (unpaired) electrons. The number of hydrogen-bond acceptors (Lipinski definition) is 3. The van der Waals surface area contributed by atoms with E-state index in [-0.39, 0.29) is 11.9 Å². The van der Waals surface area contributed by atoms with Gasteiger partial charge in [0.2, 0.25) is 5.91 Å². The van der Waals surface area contributed by atoms with Crippen LogP contribution in [-0.4, -0.2) is 25.0 Å². The molecule has 1 unspecified atom stereocenters. The van der Waals surface area contributed by atoms with Crippen LogP contribution in [0.4, 0.5) is 5.69 Å². The van der Waals surface area contributed by atoms with Gasteiger partial charge < -0.3 is 16.0 Å². The number of benzene rings is 1. The molecule has 2 rings (SSSR count). The number of fused-ring (bicyclic) bond motifs is 1. The predicted molar refractivity (Wildman–Crippen MR) is 78.2 cm³/mol. The molecule has 3 N–H and O–H groups in total. The molecule has 104 valence electrons. The SMILES string of the molecule is CCNC(=O)C(C)NCc1cccc2c1NCCC2. The number of hydrogen-bond donors (Lipinski definition) is 3. The largest absolute Gasteiger partial charge is 0.385 e. The average Bonchev–Trinajstić information content (AvgIpc) is 2.45. The lowest BCUT2D eigenvalue weighted by atomic mass is 9.99. The zero-order chi connectivity index (χ0) is 13.7. The van der Waals surface area contributed by atoms with Crippen LogP contribution in [0.1, 0.15) is 31.4 Å². The van der Waals surface area contributed by atoms with Gasteiger partial charge in [0.05, 0.1) is 6.04 Å². The molecular weight excluding hydrogens is 238 g/mol. The molecular formula is C15H23N3O. The van der Waals surface area contributed by atoms with Crippen molar-refractivity contribution in [3.05, 3.63) is 29.3 Å². The first kappa shape index (κ1) is 13.9. The second-order valence-electron chi connectivity index (χ2n) is 4.98. The highest BCUT2D eigenvalue weighted by Crippen LogP contribution is 2.25. The molecule has 0 bridgehead atoms. The summed E-state index contributed by atoms with van der Waals surface area (Å²) in [7, 11) is 0. The van der Waals surface area contributed by atoms with E-state index in [1.54, 1.807) is 0 Å². The van der Waals surface area contributed by atoms with Crippen LogP contribution in [0, 0.1) is 0 Å². The van der Waals surface area contributed by atoms with Gasteiger partial charge in [-0.15, -0.1) is 0 Å². The first-order valence-electron chi connectivity index (χ1n) is 7.08. The van der Waals surface area contributed by atoms with E-state index in [1.165, 1.54) is 23.2 Å². The third kappa shape index (κ3) is 3.47. The lowest BCUT2D eigenvalue weighted by Crippen LogP contribution is -2.41. The third-order valence-electron chi connectivity index (χ3n) is 3.50. The Morgan fingerprint density at radius 1 is 1.47 bits per heavy atom. The van der Waals surface area contributed by atoms with Crippen molar-refractivity contribution in [3.63, 3.8) is 0 Å². The Morgan fingerprint density at radius 3 is 3.11 bits per heavy atom. The lowest BCUT2D eigenvalue weighted by Gasteiger charge is -2.22. The van der Waals surface area contributed by atoms with Crippen molar-refractivity contribution in [2.45, 2.75) is 39.3 Å². The number of amides is 1. The van der Waals surface area contributed by atoms with E-state index in [0.717, 1.165) is 13.0 Å². The van der Waals surface area contributed by atoms with Crippen LogP contribution >= 0.6 is 0 Å². The van der Waals surface area contributed by atoms with E-state index in [2.05, 4.69) is 34.1 Å². The van der Waals surface area contributed by atoms with Gasteiger partial charge in [0.15, 0.2) is 0 Å². The summed E-state index contributed by atoms with van der Waals surface area (Å²) in [5, 5.41) is 9.58. The summed E-state index contributed by atoms with van der Waals surface area (Å²) in [5.41, 5.74) is 3.88. The Kier molecular flexibility index (Phi) is 4.80. The molecule has 1 atom stereocenters. The fraction of sp³-hybridized carbons (Fsp3) is 0.533. The molecule has 0 saturated heterocycles. The van der Waals surface area contributed by atoms with Crippen LogP contribution in [0.15, 0.2) is 18.2 Å². The number of likely N-dealkylation sites (N-methyl/N-ethyl adjacent to an activating group) is 1. The molecule has 1 aromatic rings. The van der Waals surface area contributed by atoms with Crippen LogP contribution in [-0.2, 0) is 17.8 Å². The van der Waals surface area contributed by atoms with Gasteiger partial charge >= 0.3 is 0 Å². The molecule has 0 saturated carbocycles. The maximum absolute atomic E-state index is 11.7. The van der Waals surface area contributed by atoms with Crippen molar-refractivity contribution in [1.29, 1.82) is 0 Å². The molecule has 1 amide bonds. The number of nitrogens with one attached hydrogen (secondary N) is 3. The van der Waals surface area contributed by atoms with Gasteiger partial charge in [0.1, 0.15) is 0 Å². The molecule has 1 aliphatic rings. The Hall–Kier alpha value is -1.55. The summed E-state index contributed by atoms with van der Waals surface area (Å²) in [6.45, 7) is 6.26. The van der Waals surface area contributed by atoms with Crippen molar-refractivity contribution in [3.8, 4) is 0 Å². The number of carbonyl (C=O) groups excluding carboxylic acids is 1. The van der Waals surface area contributed by atoms with E-state index in [1.807, 2.05) is 13.8 Å². The minimum Gasteiger partial charge on any atom is -0.385 e. The number of anilines is 1. The molecule has 19 heavy (non-hydrogen) atoms. The normalized spacial score (nSPS) is 15.3. The molecule has 1 aliphatic heterocycles. The molecule has 0 spiro atoms. The topological polar surface area (TPSA) is 53.2 Å². The molecule has 1 heterocycles. The lowest BCUT2D eigenvalue weighted by molar-refractivity contribution is -0.122. The Labute approximate surface area is 115 Å². The second kappa shape index (κ2) is 6.57. The van der Waals surface area contributed by atoms with Crippen LogP contribution in [0.2, 0.25) is 0 Å². The number of para-hydroxylation sites is 1. The number of carbonyl (C=O) groups is 1. The van der Waals surface area contributed by atoms with Gasteiger partial charge in [0.25, 0.3) is 0 Å². The van der Waals surface area contributed by atoms with Gasteiger partial charge in [0, 0.05) is 25.3 Å². The smallest absolute Gasteiger partial charge is 0.236 e. The second-order valence-corrected chi connectivity index (χ2v) is 4.98. The minimum absolute atomic E-state index is 0.0558. The van der Waals surface area contributed by atoms with Crippen molar-refractivity contribution in [2.24, 2.45) is 0 Å². The van der Waals surface area contributed by atoms with Crippen LogP contribution in [0.5, 0.6) is 0 Å². The molecule has 0 fully saturated rings. The van der Waals surface area contributed by atoms with Crippen LogP contribution in [0.25, 0.3) is 0 Å². The zero-order valence-electron chi connectivity index (χ0n) is 11.8. The minimum atomic E-state index is -0.167. The van der Waals surface area contributed by atoms with Gasteiger partial charge in [-0.2, -0.15) is 0 Å². The monoisotopic (exact) mass is 261 g/mol. The molecule has 0 aromatic heterocycles. The molecule has 1 aromatic carbocycles. The van der Waals surface area contributed by atoms with E-state index >= 15 is 0 Å². The summed E-state index contributed by atoms with van der Waals surface area (Å²) in [5.74, 6) is 0.0558. The molecule has 0 aliphatic carbocycles. The van der Waals surface area contributed by atoms with Crippen molar-refractivity contribution < 1.29 is 4.79 Å². The zero-order valence-corrected chi connectivity index (χ0v) is 11.8. The highest BCUT2D eigenvalue weighted by atomic mass is 16.2. The third-order valence-corrected chi connectivity index (χ3v) is 3.50. The molecule has 4 heteroatoms. The van der Waals surface area contributed by atoms with E-state index in [4.69, 9.17) is 0 Å².